The molecule has 1 aromatic heterocycles. The number of carbonyl (C=O) groups excluding carboxylic acids is 1. The summed E-state index contributed by atoms with van der Waals surface area (Å²) in [5.41, 5.74) is 0.822. The van der Waals surface area contributed by atoms with Crippen molar-refractivity contribution in [3.63, 3.8) is 0 Å². The molecule has 0 aliphatic rings. The minimum absolute atomic E-state index is 0.00762. The van der Waals surface area contributed by atoms with E-state index < -0.39 is 0 Å². The lowest BCUT2D eigenvalue weighted by Gasteiger charge is -2.05. The van der Waals surface area contributed by atoms with Crippen LogP contribution in [0.5, 0.6) is 5.75 Å². The average molecular weight is 262 g/mol. The SMILES string of the molecule is Cc1ccc(C(=O)COc2ccc(CO)cc2)s1. The molecule has 0 unspecified atom stereocenters. The Morgan fingerprint density at radius 1 is 1.22 bits per heavy atom. The largest absolute Gasteiger partial charge is 0.485 e. The van der Waals surface area contributed by atoms with Crippen molar-refractivity contribution >= 4 is 17.1 Å². The van der Waals surface area contributed by atoms with Gasteiger partial charge in [-0.15, -0.1) is 11.3 Å². The van der Waals surface area contributed by atoms with Gasteiger partial charge in [-0.25, -0.2) is 0 Å². The molecule has 0 spiro atoms. The molecule has 3 nitrogen and oxygen atoms in total. The molecule has 0 aliphatic carbocycles. The lowest BCUT2D eigenvalue weighted by atomic mass is 10.2. The van der Waals surface area contributed by atoms with Gasteiger partial charge in [-0.05, 0) is 36.8 Å². The number of ketones is 1. The summed E-state index contributed by atoms with van der Waals surface area (Å²) in [5, 5.41) is 8.90. The van der Waals surface area contributed by atoms with E-state index in [-0.39, 0.29) is 19.0 Å². The van der Waals surface area contributed by atoms with Gasteiger partial charge in [0.25, 0.3) is 0 Å². The van der Waals surface area contributed by atoms with Crippen molar-refractivity contribution in [2.45, 2.75) is 13.5 Å². The van der Waals surface area contributed by atoms with E-state index in [9.17, 15) is 4.79 Å². The van der Waals surface area contributed by atoms with Crippen LogP contribution in [-0.4, -0.2) is 17.5 Å². The van der Waals surface area contributed by atoms with Gasteiger partial charge in [0.1, 0.15) is 5.75 Å². The number of hydrogen-bond acceptors (Lipinski definition) is 4. The standard InChI is InChI=1S/C14H14O3S/c1-10-2-7-14(18-10)13(16)9-17-12-5-3-11(8-15)4-6-12/h2-7,15H,8-9H2,1H3. The van der Waals surface area contributed by atoms with Gasteiger partial charge in [0.2, 0.25) is 5.78 Å². The first-order valence-electron chi connectivity index (χ1n) is 5.61. The van der Waals surface area contributed by atoms with E-state index in [0.717, 1.165) is 15.3 Å². The van der Waals surface area contributed by atoms with Gasteiger partial charge in [-0.2, -0.15) is 0 Å². The summed E-state index contributed by atoms with van der Waals surface area (Å²) < 4.78 is 5.41. The Labute approximate surface area is 110 Å². The zero-order valence-electron chi connectivity index (χ0n) is 10.1. The number of thiophene rings is 1. The molecule has 0 saturated heterocycles. The van der Waals surface area contributed by atoms with Crippen LogP contribution in [-0.2, 0) is 6.61 Å². The number of hydrogen-bond donors (Lipinski definition) is 1. The Morgan fingerprint density at radius 3 is 2.50 bits per heavy atom. The predicted octanol–water partition coefficient (Wildman–Crippen LogP) is 2.81. The van der Waals surface area contributed by atoms with E-state index in [1.54, 1.807) is 24.3 Å². The summed E-state index contributed by atoms with van der Waals surface area (Å²) in [6.45, 7) is 2.02. The first-order chi connectivity index (χ1) is 8.69. The highest BCUT2D eigenvalue weighted by molar-refractivity contribution is 7.14. The fourth-order valence-corrected chi connectivity index (χ4v) is 2.29. The Morgan fingerprint density at radius 2 is 1.94 bits per heavy atom. The Bertz CT molecular complexity index is 528. The first kappa shape index (κ1) is 12.8. The van der Waals surface area contributed by atoms with Gasteiger partial charge < -0.3 is 9.84 Å². The molecule has 4 heteroatoms. The van der Waals surface area contributed by atoms with E-state index >= 15 is 0 Å². The third-order valence-corrected chi connectivity index (χ3v) is 3.53. The third-order valence-electron chi connectivity index (χ3n) is 2.49. The number of carbonyl (C=O) groups is 1. The van der Waals surface area contributed by atoms with Crippen LogP contribution in [0, 0.1) is 6.92 Å². The average Bonchev–Trinajstić information content (AvgIpc) is 2.83. The minimum Gasteiger partial charge on any atom is -0.485 e. The molecule has 0 saturated carbocycles. The second kappa shape index (κ2) is 5.80. The summed E-state index contributed by atoms with van der Waals surface area (Å²) in [7, 11) is 0. The van der Waals surface area contributed by atoms with E-state index in [1.807, 2.05) is 19.1 Å². The van der Waals surface area contributed by atoms with Crippen LogP contribution in [0.15, 0.2) is 36.4 Å². The lowest BCUT2D eigenvalue weighted by molar-refractivity contribution is 0.0925. The molecule has 1 heterocycles. The van der Waals surface area contributed by atoms with Crippen LogP contribution in [0.3, 0.4) is 0 Å². The predicted molar refractivity (Wildman–Crippen MR) is 71.2 cm³/mol. The summed E-state index contributed by atoms with van der Waals surface area (Å²) in [5.74, 6) is 0.619. The number of rotatable bonds is 5. The fourth-order valence-electron chi connectivity index (χ4n) is 1.50. The first-order valence-corrected chi connectivity index (χ1v) is 6.43. The molecule has 0 radical (unpaired) electrons. The van der Waals surface area contributed by atoms with E-state index in [2.05, 4.69) is 0 Å². The van der Waals surface area contributed by atoms with Gasteiger partial charge in [0, 0.05) is 4.88 Å². The molecular weight excluding hydrogens is 248 g/mol. The van der Waals surface area contributed by atoms with Crippen molar-refractivity contribution in [3.8, 4) is 5.75 Å². The van der Waals surface area contributed by atoms with Gasteiger partial charge in [0.05, 0.1) is 11.5 Å². The molecule has 0 fully saturated rings. The summed E-state index contributed by atoms with van der Waals surface area (Å²) in [4.78, 5) is 13.6. The van der Waals surface area contributed by atoms with Gasteiger partial charge in [-0.3, -0.25) is 4.79 Å². The maximum atomic E-state index is 11.8. The van der Waals surface area contributed by atoms with Crippen LogP contribution in [0.2, 0.25) is 0 Å². The molecule has 94 valence electrons. The smallest absolute Gasteiger partial charge is 0.210 e. The van der Waals surface area contributed by atoms with Crippen LogP contribution < -0.4 is 4.74 Å². The molecule has 0 bridgehead atoms. The van der Waals surface area contributed by atoms with Crippen molar-refractivity contribution in [1.29, 1.82) is 0 Å². The molecule has 2 rings (SSSR count). The van der Waals surface area contributed by atoms with Crippen LogP contribution in [0.1, 0.15) is 20.1 Å². The molecule has 18 heavy (non-hydrogen) atoms. The minimum atomic E-state index is -0.0145. The van der Waals surface area contributed by atoms with Crippen molar-refractivity contribution < 1.29 is 14.6 Å². The second-order valence-corrected chi connectivity index (χ2v) is 5.21. The number of benzene rings is 1. The number of Topliss-reactive ketones (excluding diaryl/α,β-unsaturated/α-hetero) is 1. The highest BCUT2D eigenvalue weighted by atomic mass is 32.1. The van der Waals surface area contributed by atoms with Crippen LogP contribution >= 0.6 is 11.3 Å². The van der Waals surface area contributed by atoms with Crippen molar-refractivity contribution in [1.82, 2.24) is 0 Å². The lowest BCUT2D eigenvalue weighted by Crippen LogP contribution is -2.09. The quantitative estimate of drug-likeness (QED) is 0.843. The monoisotopic (exact) mass is 262 g/mol. The topological polar surface area (TPSA) is 46.5 Å². The normalized spacial score (nSPS) is 10.3. The van der Waals surface area contributed by atoms with Crippen molar-refractivity contribution in [3.05, 3.63) is 51.7 Å². The molecule has 0 amide bonds. The highest BCUT2D eigenvalue weighted by Gasteiger charge is 2.08. The Hall–Kier alpha value is -1.65. The van der Waals surface area contributed by atoms with Crippen LogP contribution in [0.4, 0.5) is 0 Å². The summed E-state index contributed by atoms with van der Waals surface area (Å²) in [6, 6.07) is 10.8. The summed E-state index contributed by atoms with van der Waals surface area (Å²) in [6.07, 6.45) is 0. The van der Waals surface area contributed by atoms with Gasteiger partial charge >= 0.3 is 0 Å². The van der Waals surface area contributed by atoms with Crippen molar-refractivity contribution in [2.75, 3.05) is 6.61 Å². The molecule has 2 aromatic rings. The van der Waals surface area contributed by atoms with E-state index in [1.165, 1.54) is 11.3 Å². The van der Waals surface area contributed by atoms with Gasteiger partial charge in [0.15, 0.2) is 6.61 Å². The third kappa shape index (κ3) is 3.18. The number of aliphatic hydroxyl groups excluding tert-OH is 1. The maximum Gasteiger partial charge on any atom is 0.210 e. The Kier molecular flexibility index (Phi) is 4.12. The molecule has 0 aliphatic heterocycles. The van der Waals surface area contributed by atoms with Crippen molar-refractivity contribution in [2.24, 2.45) is 0 Å². The highest BCUT2D eigenvalue weighted by Crippen LogP contribution is 2.17. The maximum absolute atomic E-state index is 11.8. The fraction of sp³-hybridized carbons (Fsp3) is 0.214. The molecule has 0 atom stereocenters. The van der Waals surface area contributed by atoms with Gasteiger partial charge in [-0.1, -0.05) is 12.1 Å². The Balaban J connectivity index is 1.92. The summed E-state index contributed by atoms with van der Waals surface area (Å²) >= 11 is 1.47. The van der Waals surface area contributed by atoms with Crippen LogP contribution in [0.25, 0.3) is 0 Å². The van der Waals surface area contributed by atoms with E-state index in [4.69, 9.17) is 9.84 Å². The number of aliphatic hydroxyl groups is 1. The molecular formula is C14H14O3S. The zero-order valence-corrected chi connectivity index (χ0v) is 10.9. The molecule has 1 aromatic carbocycles. The second-order valence-electron chi connectivity index (χ2n) is 3.92. The number of ether oxygens (including phenoxy) is 1. The zero-order chi connectivity index (χ0) is 13.0. The number of aryl methyl sites for hydroxylation is 1. The van der Waals surface area contributed by atoms with E-state index in [0.29, 0.717) is 5.75 Å². The molecule has 1 N–H and O–H groups in total.